The summed E-state index contributed by atoms with van der Waals surface area (Å²) in [5.74, 6) is 0. The Bertz CT molecular complexity index is 640. The first-order chi connectivity index (χ1) is 10.2. The van der Waals surface area contributed by atoms with Crippen molar-refractivity contribution >= 4 is 39.4 Å². The van der Waals surface area contributed by atoms with Gasteiger partial charge in [0.2, 0.25) is 0 Å². The van der Waals surface area contributed by atoms with Crippen molar-refractivity contribution in [2.75, 3.05) is 13.1 Å². The lowest BCUT2D eigenvalue weighted by atomic mass is 10.1. The Morgan fingerprint density at radius 2 is 2.05 bits per heavy atom. The summed E-state index contributed by atoms with van der Waals surface area (Å²) in [6, 6.07) is 7.58. The predicted octanol–water partition coefficient (Wildman–Crippen LogP) is 4.70. The number of nitro groups is 1. The number of thiophene rings is 2. The van der Waals surface area contributed by atoms with Crippen LogP contribution in [0.1, 0.15) is 29.0 Å². The van der Waals surface area contributed by atoms with Crippen LogP contribution in [-0.2, 0) is 0 Å². The van der Waals surface area contributed by atoms with Crippen molar-refractivity contribution in [3.05, 3.63) is 49.5 Å². The van der Waals surface area contributed by atoms with Gasteiger partial charge in [0.25, 0.3) is 0 Å². The van der Waals surface area contributed by atoms with E-state index in [1.54, 1.807) is 17.4 Å². The second-order valence-electron chi connectivity index (χ2n) is 4.99. The number of hydrogen-bond acceptors (Lipinski definition) is 5. The van der Waals surface area contributed by atoms with Crippen molar-refractivity contribution in [2.45, 2.75) is 19.3 Å². The number of piperidine rings is 1. The maximum absolute atomic E-state index is 10.8. The zero-order valence-corrected chi connectivity index (χ0v) is 13.2. The van der Waals surface area contributed by atoms with Gasteiger partial charge in [0, 0.05) is 24.0 Å². The van der Waals surface area contributed by atoms with Gasteiger partial charge in [-0.3, -0.25) is 10.1 Å². The SMILES string of the molecule is O=[N+]([O-])c1ccc(C=C(c2cccs2)N2CCCCC2)s1. The molecule has 0 radical (unpaired) electrons. The van der Waals surface area contributed by atoms with Gasteiger partial charge in [-0.05, 0) is 42.9 Å². The average Bonchev–Trinajstić information content (AvgIpc) is 3.17. The lowest BCUT2D eigenvalue weighted by molar-refractivity contribution is -0.380. The van der Waals surface area contributed by atoms with E-state index in [0.717, 1.165) is 18.0 Å². The largest absolute Gasteiger partial charge is 0.370 e. The second kappa shape index (κ2) is 6.41. The van der Waals surface area contributed by atoms with Crippen LogP contribution in [0.5, 0.6) is 0 Å². The zero-order chi connectivity index (χ0) is 14.7. The fourth-order valence-electron chi connectivity index (χ4n) is 2.53. The molecule has 0 bridgehead atoms. The fraction of sp³-hybridized carbons (Fsp3) is 0.333. The Morgan fingerprint density at radius 3 is 2.67 bits per heavy atom. The lowest BCUT2D eigenvalue weighted by Gasteiger charge is -2.30. The van der Waals surface area contributed by atoms with Crippen molar-refractivity contribution in [3.8, 4) is 0 Å². The third-order valence-electron chi connectivity index (χ3n) is 3.54. The van der Waals surface area contributed by atoms with Crippen LogP contribution in [-0.4, -0.2) is 22.9 Å². The number of likely N-dealkylation sites (tertiary alicyclic amines) is 1. The molecular formula is C15H16N2O2S2. The molecule has 4 nitrogen and oxygen atoms in total. The smallest absolute Gasteiger partial charge is 0.324 e. The summed E-state index contributed by atoms with van der Waals surface area (Å²) in [5, 5.41) is 13.1. The average molecular weight is 320 g/mol. The van der Waals surface area contributed by atoms with Gasteiger partial charge in [0.15, 0.2) is 0 Å². The summed E-state index contributed by atoms with van der Waals surface area (Å²) in [6.45, 7) is 2.13. The first-order valence-corrected chi connectivity index (χ1v) is 8.68. The molecule has 0 atom stereocenters. The summed E-state index contributed by atoms with van der Waals surface area (Å²) in [6.07, 6.45) is 5.81. The zero-order valence-electron chi connectivity index (χ0n) is 11.5. The van der Waals surface area contributed by atoms with Crippen molar-refractivity contribution in [1.82, 2.24) is 4.90 Å². The normalized spacial score (nSPS) is 16.2. The quantitative estimate of drug-likeness (QED) is 0.606. The monoisotopic (exact) mass is 320 g/mol. The fourth-order valence-corrected chi connectivity index (χ4v) is 4.06. The Morgan fingerprint density at radius 1 is 1.24 bits per heavy atom. The third kappa shape index (κ3) is 3.33. The summed E-state index contributed by atoms with van der Waals surface area (Å²) in [4.78, 5) is 15.1. The van der Waals surface area contributed by atoms with E-state index < -0.39 is 0 Å². The van der Waals surface area contributed by atoms with Crippen molar-refractivity contribution in [1.29, 1.82) is 0 Å². The first-order valence-electron chi connectivity index (χ1n) is 6.99. The summed E-state index contributed by atoms with van der Waals surface area (Å²) in [7, 11) is 0. The van der Waals surface area contributed by atoms with E-state index in [9.17, 15) is 10.1 Å². The van der Waals surface area contributed by atoms with Crippen molar-refractivity contribution in [3.63, 3.8) is 0 Å². The minimum atomic E-state index is -0.326. The summed E-state index contributed by atoms with van der Waals surface area (Å²) < 4.78 is 0. The maximum atomic E-state index is 10.8. The highest BCUT2D eigenvalue weighted by atomic mass is 32.1. The minimum absolute atomic E-state index is 0.199. The van der Waals surface area contributed by atoms with Gasteiger partial charge >= 0.3 is 5.00 Å². The number of hydrogen-bond donors (Lipinski definition) is 0. The van der Waals surface area contributed by atoms with Crippen LogP contribution in [0.2, 0.25) is 0 Å². The Balaban J connectivity index is 1.93. The highest BCUT2D eigenvalue weighted by Crippen LogP contribution is 2.32. The van der Waals surface area contributed by atoms with Crippen LogP contribution in [0.15, 0.2) is 29.6 Å². The standard InChI is InChI=1S/C15H16N2O2S2/c18-17(19)15-7-6-12(21-15)11-13(14-5-4-10-20-14)16-8-2-1-3-9-16/h4-7,10-11H,1-3,8-9H2. The van der Waals surface area contributed by atoms with Crippen LogP contribution in [0.25, 0.3) is 11.8 Å². The van der Waals surface area contributed by atoms with Crippen LogP contribution in [0.4, 0.5) is 5.00 Å². The van der Waals surface area contributed by atoms with Crippen LogP contribution in [0, 0.1) is 10.1 Å². The van der Waals surface area contributed by atoms with Gasteiger partial charge in [-0.2, -0.15) is 0 Å². The van der Waals surface area contributed by atoms with E-state index in [1.807, 2.05) is 6.07 Å². The molecule has 2 aromatic heterocycles. The summed E-state index contributed by atoms with van der Waals surface area (Å²) in [5.41, 5.74) is 1.20. The third-order valence-corrected chi connectivity index (χ3v) is 5.42. The molecule has 0 saturated carbocycles. The van der Waals surface area contributed by atoms with Crippen LogP contribution in [0.3, 0.4) is 0 Å². The molecule has 6 heteroatoms. The van der Waals surface area contributed by atoms with Crippen molar-refractivity contribution in [2.24, 2.45) is 0 Å². The van der Waals surface area contributed by atoms with E-state index in [2.05, 4.69) is 28.5 Å². The molecule has 3 rings (SSSR count). The van der Waals surface area contributed by atoms with E-state index in [0.29, 0.717) is 0 Å². The Hall–Kier alpha value is -1.66. The predicted molar refractivity (Wildman–Crippen MR) is 88.6 cm³/mol. The second-order valence-corrected chi connectivity index (χ2v) is 7.03. The van der Waals surface area contributed by atoms with Gasteiger partial charge in [-0.1, -0.05) is 17.4 Å². The molecule has 0 unspecified atom stereocenters. The molecule has 0 aromatic carbocycles. The number of rotatable bonds is 4. The Labute approximate surface area is 131 Å². The number of nitrogens with zero attached hydrogens (tertiary/aromatic N) is 2. The summed E-state index contributed by atoms with van der Waals surface area (Å²) >= 11 is 2.95. The molecule has 2 aromatic rings. The maximum Gasteiger partial charge on any atom is 0.324 e. The van der Waals surface area contributed by atoms with E-state index >= 15 is 0 Å². The van der Waals surface area contributed by atoms with Gasteiger partial charge in [-0.15, -0.1) is 11.3 Å². The molecule has 0 aliphatic carbocycles. The molecule has 1 aliphatic heterocycles. The highest BCUT2D eigenvalue weighted by molar-refractivity contribution is 7.16. The molecular weight excluding hydrogens is 304 g/mol. The Kier molecular flexibility index (Phi) is 4.36. The van der Waals surface area contributed by atoms with Gasteiger partial charge < -0.3 is 4.90 Å². The molecule has 1 saturated heterocycles. The molecule has 0 spiro atoms. The van der Waals surface area contributed by atoms with E-state index in [1.165, 1.54) is 41.2 Å². The van der Waals surface area contributed by atoms with Crippen LogP contribution >= 0.6 is 22.7 Å². The molecule has 0 amide bonds. The molecule has 3 heterocycles. The molecule has 110 valence electrons. The lowest BCUT2D eigenvalue weighted by Crippen LogP contribution is -2.27. The molecule has 1 fully saturated rings. The van der Waals surface area contributed by atoms with Crippen molar-refractivity contribution < 1.29 is 4.92 Å². The molecule has 1 aliphatic rings. The van der Waals surface area contributed by atoms with Crippen LogP contribution < -0.4 is 0 Å². The van der Waals surface area contributed by atoms with Gasteiger partial charge in [0.1, 0.15) is 0 Å². The van der Waals surface area contributed by atoms with Gasteiger partial charge in [0.05, 0.1) is 15.5 Å². The molecule has 0 N–H and O–H groups in total. The van der Waals surface area contributed by atoms with E-state index in [4.69, 9.17) is 0 Å². The minimum Gasteiger partial charge on any atom is -0.370 e. The topological polar surface area (TPSA) is 46.4 Å². The van der Waals surface area contributed by atoms with Gasteiger partial charge in [-0.25, -0.2) is 0 Å². The highest BCUT2D eigenvalue weighted by Gasteiger charge is 2.17. The molecule has 21 heavy (non-hydrogen) atoms. The van der Waals surface area contributed by atoms with E-state index in [-0.39, 0.29) is 9.92 Å². The first kappa shape index (κ1) is 14.3.